The van der Waals surface area contributed by atoms with Gasteiger partial charge in [-0.05, 0) is 37.1 Å². The lowest BCUT2D eigenvalue weighted by Crippen LogP contribution is -2.31. The number of methoxy groups -OCH3 is 2. The van der Waals surface area contributed by atoms with Crippen LogP contribution in [0.5, 0.6) is 17.2 Å². The summed E-state index contributed by atoms with van der Waals surface area (Å²) in [7, 11) is 3.00. The zero-order valence-corrected chi connectivity index (χ0v) is 16.0. The zero-order chi connectivity index (χ0) is 20.3. The first-order valence-electron chi connectivity index (χ1n) is 9.36. The molecule has 1 fully saturated rings. The molecule has 1 amide bonds. The zero-order valence-electron chi connectivity index (χ0n) is 16.0. The quantitative estimate of drug-likeness (QED) is 0.719. The van der Waals surface area contributed by atoms with Gasteiger partial charge in [0.2, 0.25) is 0 Å². The van der Waals surface area contributed by atoms with Crippen LogP contribution in [0, 0.1) is 0 Å². The molecule has 1 aromatic heterocycles. The summed E-state index contributed by atoms with van der Waals surface area (Å²) in [5.74, 6) is 1.07. The van der Waals surface area contributed by atoms with Gasteiger partial charge in [0.25, 0.3) is 11.5 Å². The maximum absolute atomic E-state index is 13.6. The first-order valence-corrected chi connectivity index (χ1v) is 9.36. The van der Waals surface area contributed by atoms with Crippen LogP contribution in [0.3, 0.4) is 0 Å². The van der Waals surface area contributed by atoms with Gasteiger partial charge in [-0.2, -0.15) is 0 Å². The van der Waals surface area contributed by atoms with Crippen molar-refractivity contribution in [2.75, 3.05) is 20.8 Å². The minimum absolute atomic E-state index is 0.130. The smallest absolute Gasteiger partial charge is 0.266 e. The largest absolute Gasteiger partial charge is 0.506 e. The van der Waals surface area contributed by atoms with E-state index in [2.05, 4.69) is 4.98 Å². The standard InChI is InChI=1S/C21H19N3O5/c1-28-11-5-6-15-13(8-11)20(26)23-7-3-4-16(23)19-22-18-14(21(27)24(15)19)9-12(29-2)10-17(18)25/h5-6,8-10,16,25H,3-4,7H2,1-2H3/t16-/m0/s1. The number of carbonyl (C=O) groups is 1. The first kappa shape index (κ1) is 17.5. The molecule has 1 saturated heterocycles. The molecule has 8 heteroatoms. The van der Waals surface area contributed by atoms with Crippen molar-refractivity contribution in [2.24, 2.45) is 0 Å². The van der Waals surface area contributed by atoms with Crippen LogP contribution in [-0.2, 0) is 0 Å². The topological polar surface area (TPSA) is 93.9 Å². The maximum atomic E-state index is 13.6. The number of phenols is 1. The molecule has 0 saturated carbocycles. The number of phenolic OH excluding ortho intramolecular Hbond substituents is 1. The third-order valence-electron chi connectivity index (χ3n) is 5.67. The van der Waals surface area contributed by atoms with Crippen molar-refractivity contribution in [3.8, 4) is 22.9 Å². The van der Waals surface area contributed by atoms with E-state index in [0.29, 0.717) is 41.5 Å². The van der Waals surface area contributed by atoms with Crippen molar-refractivity contribution >= 4 is 16.8 Å². The Morgan fingerprint density at radius 1 is 1.10 bits per heavy atom. The number of hydrogen-bond donors (Lipinski definition) is 1. The van der Waals surface area contributed by atoms with Crippen LogP contribution in [0.4, 0.5) is 0 Å². The molecule has 5 rings (SSSR count). The van der Waals surface area contributed by atoms with Gasteiger partial charge in [-0.1, -0.05) is 0 Å². The molecule has 2 aliphatic heterocycles. The maximum Gasteiger partial charge on any atom is 0.266 e. The number of nitrogens with zero attached hydrogens (tertiary/aromatic N) is 3. The van der Waals surface area contributed by atoms with Crippen molar-refractivity contribution in [3.63, 3.8) is 0 Å². The number of aromatic nitrogens is 2. The lowest BCUT2D eigenvalue weighted by Gasteiger charge is -2.22. The van der Waals surface area contributed by atoms with E-state index in [1.165, 1.54) is 24.9 Å². The van der Waals surface area contributed by atoms with Gasteiger partial charge in [0.05, 0.1) is 36.9 Å². The van der Waals surface area contributed by atoms with Gasteiger partial charge in [0, 0.05) is 12.6 Å². The molecular weight excluding hydrogens is 374 g/mol. The number of fused-ring (bicyclic) bond motifs is 6. The number of ether oxygens (including phenoxy) is 2. The molecule has 8 nitrogen and oxygen atoms in total. The molecule has 2 aliphatic rings. The summed E-state index contributed by atoms with van der Waals surface area (Å²) in [6.07, 6.45) is 1.52. The van der Waals surface area contributed by atoms with Crippen molar-refractivity contribution in [1.82, 2.24) is 14.5 Å². The van der Waals surface area contributed by atoms with Crippen LogP contribution >= 0.6 is 0 Å². The summed E-state index contributed by atoms with van der Waals surface area (Å²) >= 11 is 0. The van der Waals surface area contributed by atoms with Gasteiger partial charge in [0.15, 0.2) is 0 Å². The second-order valence-electron chi connectivity index (χ2n) is 7.19. The molecule has 29 heavy (non-hydrogen) atoms. The predicted molar refractivity (Wildman–Crippen MR) is 105 cm³/mol. The summed E-state index contributed by atoms with van der Waals surface area (Å²) in [6, 6.07) is 7.72. The normalized spacial score (nSPS) is 17.5. The van der Waals surface area contributed by atoms with Crippen LogP contribution in [0.25, 0.3) is 16.6 Å². The number of hydrogen-bond acceptors (Lipinski definition) is 6. The molecule has 0 bridgehead atoms. The Labute approximate surface area is 165 Å². The summed E-state index contributed by atoms with van der Waals surface area (Å²) in [5, 5.41) is 10.7. The lowest BCUT2D eigenvalue weighted by molar-refractivity contribution is 0.0735. The van der Waals surface area contributed by atoms with E-state index in [-0.39, 0.29) is 34.2 Å². The Kier molecular flexibility index (Phi) is 3.77. The average molecular weight is 393 g/mol. The Balaban J connectivity index is 1.92. The highest BCUT2D eigenvalue weighted by atomic mass is 16.5. The van der Waals surface area contributed by atoms with Gasteiger partial charge in [-0.3, -0.25) is 14.2 Å². The number of amides is 1. The highest BCUT2D eigenvalue weighted by Crippen LogP contribution is 2.39. The predicted octanol–water partition coefficient (Wildman–Crippen LogP) is 2.40. The van der Waals surface area contributed by atoms with Crippen LogP contribution in [0.15, 0.2) is 35.1 Å². The Bertz CT molecular complexity index is 1230. The summed E-state index contributed by atoms with van der Waals surface area (Å²) in [5.41, 5.74) is 0.706. The number of rotatable bonds is 2. The van der Waals surface area contributed by atoms with Crippen LogP contribution in [0.2, 0.25) is 0 Å². The fourth-order valence-corrected chi connectivity index (χ4v) is 4.28. The Morgan fingerprint density at radius 3 is 2.66 bits per heavy atom. The van der Waals surface area contributed by atoms with Crippen molar-refractivity contribution in [1.29, 1.82) is 0 Å². The molecule has 0 aliphatic carbocycles. The van der Waals surface area contributed by atoms with Crippen molar-refractivity contribution in [3.05, 3.63) is 52.1 Å². The van der Waals surface area contributed by atoms with Crippen molar-refractivity contribution < 1.29 is 19.4 Å². The fourth-order valence-electron chi connectivity index (χ4n) is 4.28. The van der Waals surface area contributed by atoms with Crippen molar-refractivity contribution in [2.45, 2.75) is 18.9 Å². The lowest BCUT2D eigenvalue weighted by atomic mass is 10.1. The van der Waals surface area contributed by atoms with E-state index in [1.54, 1.807) is 29.2 Å². The average Bonchev–Trinajstić information content (AvgIpc) is 3.19. The van der Waals surface area contributed by atoms with E-state index >= 15 is 0 Å². The molecule has 3 heterocycles. The molecular formula is C21H19N3O5. The first-order chi connectivity index (χ1) is 14.0. The van der Waals surface area contributed by atoms with Gasteiger partial charge < -0.3 is 19.5 Å². The van der Waals surface area contributed by atoms with E-state index in [9.17, 15) is 14.7 Å². The molecule has 0 spiro atoms. The molecule has 2 aromatic carbocycles. The van der Waals surface area contributed by atoms with E-state index in [1.807, 2.05) is 0 Å². The minimum Gasteiger partial charge on any atom is -0.506 e. The van der Waals surface area contributed by atoms with Crippen LogP contribution in [-0.4, -0.2) is 46.2 Å². The molecule has 0 unspecified atom stereocenters. The van der Waals surface area contributed by atoms with Crippen LogP contribution < -0.4 is 15.0 Å². The summed E-state index contributed by atoms with van der Waals surface area (Å²) in [4.78, 5) is 33.2. The number of aromatic hydroxyl groups is 1. The summed E-state index contributed by atoms with van der Waals surface area (Å²) < 4.78 is 12.0. The third kappa shape index (κ3) is 2.41. The number of benzene rings is 2. The molecule has 0 radical (unpaired) electrons. The monoisotopic (exact) mass is 393 g/mol. The van der Waals surface area contributed by atoms with Gasteiger partial charge in [-0.25, -0.2) is 4.98 Å². The third-order valence-corrected chi connectivity index (χ3v) is 5.67. The minimum atomic E-state index is -0.354. The second-order valence-corrected chi connectivity index (χ2v) is 7.19. The van der Waals surface area contributed by atoms with E-state index in [4.69, 9.17) is 9.47 Å². The van der Waals surface area contributed by atoms with Gasteiger partial charge in [0.1, 0.15) is 28.6 Å². The summed E-state index contributed by atoms with van der Waals surface area (Å²) in [6.45, 7) is 0.586. The Hall–Kier alpha value is -3.55. The second kappa shape index (κ2) is 6.23. The SMILES string of the molecule is COc1ccc2c(c1)C(=O)N1CCC[C@H]1c1nc3c(O)cc(OC)cc3c(=O)n1-2. The fraction of sp³-hybridized carbons (Fsp3) is 0.286. The highest BCUT2D eigenvalue weighted by molar-refractivity contribution is 5.99. The molecule has 148 valence electrons. The van der Waals surface area contributed by atoms with E-state index in [0.717, 1.165) is 6.42 Å². The molecule has 3 aromatic rings. The Morgan fingerprint density at radius 2 is 1.90 bits per heavy atom. The van der Waals surface area contributed by atoms with Crippen LogP contribution in [0.1, 0.15) is 35.1 Å². The number of carbonyl (C=O) groups excluding carboxylic acids is 1. The van der Waals surface area contributed by atoms with Gasteiger partial charge >= 0.3 is 0 Å². The molecule has 1 atom stereocenters. The highest BCUT2D eigenvalue weighted by Gasteiger charge is 2.39. The van der Waals surface area contributed by atoms with E-state index < -0.39 is 0 Å². The molecule has 1 N–H and O–H groups in total. The van der Waals surface area contributed by atoms with Gasteiger partial charge in [-0.15, -0.1) is 0 Å².